The van der Waals surface area contributed by atoms with Crippen LogP contribution in [0, 0.1) is 0 Å². The van der Waals surface area contributed by atoms with E-state index in [1.807, 2.05) is 6.92 Å². The Hall–Kier alpha value is -3.50. The summed E-state index contributed by atoms with van der Waals surface area (Å²) in [5.41, 5.74) is 11.8. The van der Waals surface area contributed by atoms with Gasteiger partial charge in [0.1, 0.15) is 17.9 Å². The molecular formula is C19H26N8O3. The molecule has 0 unspecified atom stereocenters. The molecule has 3 amide bonds. The molecule has 1 aliphatic rings. The van der Waals surface area contributed by atoms with Gasteiger partial charge in [-0.1, -0.05) is 6.92 Å². The summed E-state index contributed by atoms with van der Waals surface area (Å²) < 4.78 is 0. The second-order valence-corrected chi connectivity index (χ2v) is 7.22. The molecule has 3 rings (SSSR count). The number of aromatic amines is 1. The largest absolute Gasteiger partial charge is 0.382 e. The van der Waals surface area contributed by atoms with Gasteiger partial charge >= 0.3 is 0 Å². The summed E-state index contributed by atoms with van der Waals surface area (Å²) in [6.07, 6.45) is 7.40. The number of aromatic nitrogens is 4. The van der Waals surface area contributed by atoms with Crippen molar-refractivity contribution in [3.8, 4) is 0 Å². The maximum atomic E-state index is 13.3. The number of nitrogens with two attached hydrogens (primary N) is 2. The number of rotatable bonds is 8. The van der Waals surface area contributed by atoms with E-state index >= 15 is 0 Å². The Morgan fingerprint density at radius 1 is 1.30 bits per heavy atom. The number of carbonyl (C=O) groups is 3. The summed E-state index contributed by atoms with van der Waals surface area (Å²) in [5, 5.41) is 2.69. The second-order valence-electron chi connectivity index (χ2n) is 7.22. The second kappa shape index (κ2) is 9.33. The fourth-order valence-corrected chi connectivity index (χ4v) is 3.57. The van der Waals surface area contributed by atoms with Gasteiger partial charge in [-0.2, -0.15) is 0 Å². The average molecular weight is 414 g/mol. The first-order valence-electron chi connectivity index (χ1n) is 9.90. The van der Waals surface area contributed by atoms with Gasteiger partial charge in [-0.3, -0.25) is 14.4 Å². The predicted molar refractivity (Wildman–Crippen MR) is 108 cm³/mol. The van der Waals surface area contributed by atoms with Crippen LogP contribution in [-0.2, 0) is 22.4 Å². The average Bonchev–Trinajstić information content (AvgIpc) is 3.37. The summed E-state index contributed by atoms with van der Waals surface area (Å²) >= 11 is 0. The minimum atomic E-state index is -0.950. The van der Waals surface area contributed by atoms with Crippen LogP contribution in [0.25, 0.3) is 0 Å². The van der Waals surface area contributed by atoms with Crippen molar-refractivity contribution in [2.45, 2.75) is 51.1 Å². The number of nitrogens with one attached hydrogen (secondary N) is 2. The molecule has 1 saturated heterocycles. The van der Waals surface area contributed by atoms with Crippen molar-refractivity contribution in [1.82, 2.24) is 30.2 Å². The normalized spacial score (nSPS) is 17.0. The Bertz CT molecular complexity index is 928. The van der Waals surface area contributed by atoms with Gasteiger partial charge < -0.3 is 26.7 Å². The number of aryl methyl sites for hydroxylation is 1. The summed E-state index contributed by atoms with van der Waals surface area (Å²) in [7, 11) is 0. The fraction of sp³-hybridized carbons (Fsp3) is 0.474. The molecule has 2 atom stereocenters. The van der Waals surface area contributed by atoms with Crippen LogP contribution in [-0.4, -0.2) is 61.2 Å². The summed E-state index contributed by atoms with van der Waals surface area (Å²) in [6.45, 7) is 2.44. The lowest BCUT2D eigenvalue weighted by molar-refractivity contribution is -0.138. The Morgan fingerprint density at radius 2 is 2.07 bits per heavy atom. The molecule has 2 aromatic heterocycles. The smallest absolute Gasteiger partial charge is 0.274 e. The lowest BCUT2D eigenvalue weighted by Gasteiger charge is -2.27. The molecule has 11 heteroatoms. The molecule has 3 heterocycles. The van der Waals surface area contributed by atoms with Crippen LogP contribution >= 0.6 is 0 Å². The Kier molecular flexibility index (Phi) is 6.60. The van der Waals surface area contributed by atoms with E-state index in [0.29, 0.717) is 25.1 Å². The van der Waals surface area contributed by atoms with Gasteiger partial charge in [0.25, 0.3) is 5.91 Å². The molecule has 0 saturated carbocycles. The highest BCUT2D eigenvalue weighted by atomic mass is 16.2. The van der Waals surface area contributed by atoms with Crippen LogP contribution in [0.1, 0.15) is 48.2 Å². The zero-order valence-electron chi connectivity index (χ0n) is 16.8. The Labute approximate surface area is 173 Å². The lowest BCUT2D eigenvalue weighted by Crippen LogP contribution is -2.53. The first-order valence-corrected chi connectivity index (χ1v) is 9.90. The van der Waals surface area contributed by atoms with Gasteiger partial charge in [0.15, 0.2) is 11.5 Å². The molecule has 1 fully saturated rings. The molecule has 2 aromatic rings. The lowest BCUT2D eigenvalue weighted by atomic mass is 10.1. The molecule has 0 spiro atoms. The standard InChI is InChI=1S/C19H26N8O3/c1-2-4-14-24-10-11(25-14)9-12(19(30)27-8-3-5-13(27)17(21)28)26-18(29)15-16(20)23-7-6-22-15/h6-7,10,12-13H,2-5,8-9H2,1H3,(H2,20,23)(H2,21,28)(H,24,25)(H,26,29)/t12-,13-/m0/s1. The summed E-state index contributed by atoms with van der Waals surface area (Å²) in [5.74, 6) is -0.805. The number of likely N-dealkylation sites (tertiary alicyclic amines) is 1. The van der Waals surface area contributed by atoms with Crippen molar-refractivity contribution in [2.24, 2.45) is 5.73 Å². The molecular weight excluding hydrogens is 388 g/mol. The number of hydrogen-bond acceptors (Lipinski definition) is 7. The van der Waals surface area contributed by atoms with E-state index in [1.165, 1.54) is 17.3 Å². The van der Waals surface area contributed by atoms with E-state index in [4.69, 9.17) is 11.5 Å². The number of hydrogen-bond donors (Lipinski definition) is 4. The van der Waals surface area contributed by atoms with Gasteiger partial charge in [-0.25, -0.2) is 15.0 Å². The third kappa shape index (κ3) is 4.73. The van der Waals surface area contributed by atoms with Crippen molar-refractivity contribution in [3.05, 3.63) is 35.8 Å². The monoisotopic (exact) mass is 414 g/mol. The van der Waals surface area contributed by atoms with Crippen LogP contribution in [0.5, 0.6) is 0 Å². The van der Waals surface area contributed by atoms with Gasteiger partial charge in [0.2, 0.25) is 11.8 Å². The van der Waals surface area contributed by atoms with Crippen LogP contribution in [0.4, 0.5) is 5.82 Å². The molecule has 0 aliphatic carbocycles. The Balaban J connectivity index is 1.83. The third-order valence-electron chi connectivity index (χ3n) is 5.00. The topological polar surface area (TPSA) is 173 Å². The minimum absolute atomic E-state index is 0.0378. The fourth-order valence-electron chi connectivity index (χ4n) is 3.57. The van der Waals surface area contributed by atoms with E-state index in [0.717, 1.165) is 18.7 Å². The highest BCUT2D eigenvalue weighted by Gasteiger charge is 2.37. The molecule has 11 nitrogen and oxygen atoms in total. The van der Waals surface area contributed by atoms with Gasteiger partial charge in [0.05, 0.1) is 0 Å². The number of carbonyl (C=O) groups excluding carboxylic acids is 3. The van der Waals surface area contributed by atoms with E-state index in [1.54, 1.807) is 6.20 Å². The molecule has 1 aliphatic heterocycles. The summed E-state index contributed by atoms with van der Waals surface area (Å²) in [4.78, 5) is 54.4. The third-order valence-corrected chi connectivity index (χ3v) is 5.00. The van der Waals surface area contributed by atoms with Crippen LogP contribution in [0.3, 0.4) is 0 Å². The molecule has 0 aromatic carbocycles. The number of anilines is 1. The molecule has 0 bridgehead atoms. The first kappa shape index (κ1) is 21.2. The summed E-state index contributed by atoms with van der Waals surface area (Å²) in [6, 6.07) is -1.63. The zero-order chi connectivity index (χ0) is 21.7. The number of primary amides is 1. The van der Waals surface area contributed by atoms with E-state index in [-0.39, 0.29) is 17.9 Å². The number of nitrogens with zero attached hydrogens (tertiary/aromatic N) is 4. The van der Waals surface area contributed by atoms with Gasteiger partial charge in [-0.15, -0.1) is 0 Å². The number of H-pyrrole nitrogens is 1. The Morgan fingerprint density at radius 3 is 2.77 bits per heavy atom. The van der Waals surface area contributed by atoms with Gasteiger partial charge in [0, 0.05) is 43.7 Å². The van der Waals surface area contributed by atoms with Crippen molar-refractivity contribution < 1.29 is 14.4 Å². The number of amides is 3. The van der Waals surface area contributed by atoms with Crippen LogP contribution < -0.4 is 16.8 Å². The number of imidazole rings is 1. The molecule has 0 radical (unpaired) electrons. The van der Waals surface area contributed by atoms with Crippen LogP contribution in [0.15, 0.2) is 18.6 Å². The zero-order valence-corrected chi connectivity index (χ0v) is 16.8. The highest BCUT2D eigenvalue weighted by molar-refractivity contribution is 5.99. The van der Waals surface area contributed by atoms with E-state index in [9.17, 15) is 14.4 Å². The van der Waals surface area contributed by atoms with Crippen molar-refractivity contribution in [3.63, 3.8) is 0 Å². The van der Waals surface area contributed by atoms with E-state index in [2.05, 4.69) is 25.3 Å². The quantitative estimate of drug-likeness (QED) is 0.452. The van der Waals surface area contributed by atoms with Crippen molar-refractivity contribution >= 4 is 23.5 Å². The maximum Gasteiger partial charge on any atom is 0.274 e. The minimum Gasteiger partial charge on any atom is -0.382 e. The number of nitrogen functional groups attached to an aromatic ring is 1. The first-order chi connectivity index (χ1) is 14.4. The highest BCUT2D eigenvalue weighted by Crippen LogP contribution is 2.19. The van der Waals surface area contributed by atoms with Gasteiger partial charge in [-0.05, 0) is 19.3 Å². The predicted octanol–water partition coefficient (Wildman–Crippen LogP) is -0.448. The van der Waals surface area contributed by atoms with Crippen LogP contribution in [0.2, 0.25) is 0 Å². The molecule has 160 valence electrons. The van der Waals surface area contributed by atoms with Crippen molar-refractivity contribution in [1.29, 1.82) is 0 Å². The van der Waals surface area contributed by atoms with Crippen molar-refractivity contribution in [2.75, 3.05) is 12.3 Å². The maximum absolute atomic E-state index is 13.3. The van der Waals surface area contributed by atoms with E-state index < -0.39 is 29.8 Å². The molecule has 6 N–H and O–H groups in total. The SMILES string of the molecule is CCCc1ncc(C[C@H](NC(=O)c2nccnc2N)C(=O)N2CCC[C@H]2C(N)=O)[nH]1. The molecule has 30 heavy (non-hydrogen) atoms.